The van der Waals surface area contributed by atoms with Crippen molar-refractivity contribution in [1.82, 2.24) is 5.32 Å². The SMILES string of the molecule is O=C(COc1ccccc1[N+](=O)[O-])NC1COC1. The maximum Gasteiger partial charge on any atom is 0.310 e. The van der Waals surface area contributed by atoms with E-state index in [1.165, 1.54) is 18.2 Å². The van der Waals surface area contributed by atoms with Crippen molar-refractivity contribution >= 4 is 11.6 Å². The highest BCUT2D eigenvalue weighted by Crippen LogP contribution is 2.25. The van der Waals surface area contributed by atoms with Gasteiger partial charge in [-0.3, -0.25) is 14.9 Å². The summed E-state index contributed by atoms with van der Waals surface area (Å²) in [7, 11) is 0. The molecule has 0 unspecified atom stereocenters. The molecule has 1 aliphatic heterocycles. The number of nitro benzene ring substituents is 1. The Morgan fingerprint density at radius 2 is 2.22 bits per heavy atom. The fraction of sp³-hybridized carbons (Fsp3) is 0.364. The minimum absolute atomic E-state index is 0.0202. The van der Waals surface area contributed by atoms with Crippen LogP contribution in [-0.2, 0) is 9.53 Å². The monoisotopic (exact) mass is 252 g/mol. The van der Waals surface area contributed by atoms with Crippen LogP contribution in [0.5, 0.6) is 5.75 Å². The predicted molar refractivity (Wildman–Crippen MR) is 61.3 cm³/mol. The maximum absolute atomic E-state index is 11.4. The van der Waals surface area contributed by atoms with Gasteiger partial charge in [0, 0.05) is 6.07 Å². The Labute approximate surface area is 103 Å². The molecule has 0 saturated carbocycles. The summed E-state index contributed by atoms with van der Waals surface area (Å²) in [6.45, 7) is 0.746. The standard InChI is InChI=1S/C11H12N2O5/c14-11(12-8-5-17-6-8)7-18-10-4-2-1-3-9(10)13(15)16/h1-4,8H,5-7H2,(H,12,14). The van der Waals surface area contributed by atoms with Crippen LogP contribution in [0.25, 0.3) is 0 Å². The Kier molecular flexibility index (Phi) is 3.73. The first-order chi connectivity index (χ1) is 8.66. The number of ether oxygens (including phenoxy) is 2. The van der Waals surface area contributed by atoms with E-state index in [9.17, 15) is 14.9 Å². The molecular formula is C11H12N2O5. The molecule has 1 saturated heterocycles. The zero-order valence-electron chi connectivity index (χ0n) is 9.50. The molecule has 1 heterocycles. The maximum atomic E-state index is 11.4. The Morgan fingerprint density at radius 3 is 2.83 bits per heavy atom. The molecule has 1 aliphatic rings. The van der Waals surface area contributed by atoms with Crippen LogP contribution in [0, 0.1) is 10.1 Å². The minimum atomic E-state index is -0.549. The van der Waals surface area contributed by atoms with Gasteiger partial charge in [-0.05, 0) is 6.07 Å². The normalized spacial score (nSPS) is 14.7. The molecule has 0 atom stereocenters. The molecule has 96 valence electrons. The first-order valence-electron chi connectivity index (χ1n) is 5.40. The number of benzene rings is 1. The zero-order valence-corrected chi connectivity index (χ0v) is 9.50. The van der Waals surface area contributed by atoms with Crippen molar-refractivity contribution in [2.45, 2.75) is 6.04 Å². The second-order valence-electron chi connectivity index (χ2n) is 3.82. The van der Waals surface area contributed by atoms with Crippen LogP contribution in [0.1, 0.15) is 0 Å². The molecule has 7 heteroatoms. The number of hydrogen-bond acceptors (Lipinski definition) is 5. The van der Waals surface area contributed by atoms with Crippen LogP contribution < -0.4 is 10.1 Å². The van der Waals surface area contributed by atoms with Gasteiger partial charge in [0.25, 0.3) is 5.91 Å². The van der Waals surface area contributed by atoms with Crippen LogP contribution in [0.15, 0.2) is 24.3 Å². The van der Waals surface area contributed by atoms with Crippen molar-refractivity contribution in [2.75, 3.05) is 19.8 Å². The lowest BCUT2D eigenvalue weighted by Gasteiger charge is -2.26. The third kappa shape index (κ3) is 2.95. The fourth-order valence-corrected chi connectivity index (χ4v) is 1.46. The minimum Gasteiger partial charge on any atom is -0.477 e. The first-order valence-corrected chi connectivity index (χ1v) is 5.40. The van der Waals surface area contributed by atoms with E-state index >= 15 is 0 Å². The van der Waals surface area contributed by atoms with Crippen LogP contribution >= 0.6 is 0 Å². The Balaban J connectivity index is 1.89. The van der Waals surface area contributed by atoms with Gasteiger partial charge in [-0.2, -0.15) is 0 Å². The summed E-state index contributed by atoms with van der Waals surface area (Å²) in [5, 5.41) is 13.4. The number of carbonyl (C=O) groups is 1. The predicted octanol–water partition coefficient (Wildman–Crippen LogP) is 0.489. The smallest absolute Gasteiger partial charge is 0.310 e. The molecule has 0 radical (unpaired) electrons. The van der Waals surface area contributed by atoms with Gasteiger partial charge < -0.3 is 14.8 Å². The van der Waals surface area contributed by atoms with Gasteiger partial charge in [-0.25, -0.2) is 0 Å². The summed E-state index contributed by atoms with van der Waals surface area (Å²) in [5.74, 6) is -0.232. The third-order valence-electron chi connectivity index (χ3n) is 2.42. The lowest BCUT2D eigenvalue weighted by Crippen LogP contribution is -2.49. The number of nitrogens with zero attached hydrogens (tertiary/aromatic N) is 1. The first kappa shape index (κ1) is 12.3. The number of carbonyl (C=O) groups excluding carboxylic acids is 1. The molecular weight excluding hydrogens is 240 g/mol. The van der Waals surface area contributed by atoms with E-state index in [2.05, 4.69) is 5.32 Å². The van der Waals surface area contributed by atoms with Crippen LogP contribution in [0.3, 0.4) is 0 Å². The van der Waals surface area contributed by atoms with Gasteiger partial charge in [0.05, 0.1) is 24.2 Å². The molecule has 0 aromatic heterocycles. The highest BCUT2D eigenvalue weighted by molar-refractivity contribution is 5.78. The quantitative estimate of drug-likeness (QED) is 0.608. The van der Waals surface area contributed by atoms with Gasteiger partial charge >= 0.3 is 5.69 Å². The van der Waals surface area contributed by atoms with Gasteiger partial charge in [-0.15, -0.1) is 0 Å². The number of nitro groups is 1. The Hall–Kier alpha value is -2.15. The average Bonchev–Trinajstić information content (AvgIpc) is 2.31. The number of para-hydroxylation sites is 2. The lowest BCUT2D eigenvalue weighted by atomic mass is 10.2. The van der Waals surface area contributed by atoms with E-state index < -0.39 is 4.92 Å². The van der Waals surface area contributed by atoms with Crippen molar-refractivity contribution < 1.29 is 19.2 Å². The Bertz CT molecular complexity index is 459. The van der Waals surface area contributed by atoms with Crippen molar-refractivity contribution in [2.24, 2.45) is 0 Å². The number of amides is 1. The molecule has 7 nitrogen and oxygen atoms in total. The largest absolute Gasteiger partial charge is 0.477 e. The average molecular weight is 252 g/mol. The van der Waals surface area contributed by atoms with Crippen molar-refractivity contribution in [3.8, 4) is 5.75 Å². The number of rotatable bonds is 5. The van der Waals surface area contributed by atoms with Crippen LogP contribution in [0.2, 0.25) is 0 Å². The highest BCUT2D eigenvalue weighted by atomic mass is 16.6. The van der Waals surface area contributed by atoms with Gasteiger partial charge in [0.2, 0.25) is 0 Å². The van der Waals surface area contributed by atoms with Crippen LogP contribution in [0.4, 0.5) is 5.69 Å². The second-order valence-corrected chi connectivity index (χ2v) is 3.82. The van der Waals surface area contributed by atoms with E-state index in [4.69, 9.17) is 9.47 Å². The molecule has 2 rings (SSSR count). The summed E-state index contributed by atoms with van der Waals surface area (Å²) in [6, 6.07) is 5.95. The lowest BCUT2D eigenvalue weighted by molar-refractivity contribution is -0.385. The van der Waals surface area contributed by atoms with Crippen molar-refractivity contribution in [1.29, 1.82) is 0 Å². The topological polar surface area (TPSA) is 90.7 Å². The molecule has 0 aliphatic carbocycles. The highest BCUT2D eigenvalue weighted by Gasteiger charge is 2.21. The molecule has 1 aromatic carbocycles. The number of nitrogens with one attached hydrogen (secondary N) is 1. The molecule has 0 spiro atoms. The summed E-state index contributed by atoms with van der Waals surface area (Å²) in [5.41, 5.74) is -0.155. The second kappa shape index (κ2) is 5.46. The molecule has 1 amide bonds. The zero-order chi connectivity index (χ0) is 13.0. The summed E-state index contributed by atoms with van der Waals surface area (Å²) in [6.07, 6.45) is 0. The van der Waals surface area contributed by atoms with Crippen molar-refractivity contribution in [3.05, 3.63) is 34.4 Å². The number of hydrogen-bond donors (Lipinski definition) is 1. The van der Waals surface area contributed by atoms with Gasteiger partial charge in [-0.1, -0.05) is 12.1 Å². The molecule has 1 N–H and O–H groups in total. The van der Waals surface area contributed by atoms with Gasteiger partial charge in [0.15, 0.2) is 12.4 Å². The van der Waals surface area contributed by atoms with Gasteiger partial charge in [0.1, 0.15) is 0 Å². The molecule has 1 fully saturated rings. The third-order valence-corrected chi connectivity index (χ3v) is 2.42. The van der Waals surface area contributed by atoms with E-state index in [1.807, 2.05) is 0 Å². The summed E-state index contributed by atoms with van der Waals surface area (Å²) < 4.78 is 10.0. The molecule has 1 aromatic rings. The molecule has 18 heavy (non-hydrogen) atoms. The van der Waals surface area contributed by atoms with E-state index in [0.29, 0.717) is 13.2 Å². The van der Waals surface area contributed by atoms with E-state index in [1.54, 1.807) is 6.07 Å². The summed E-state index contributed by atoms with van der Waals surface area (Å²) >= 11 is 0. The van der Waals surface area contributed by atoms with Crippen molar-refractivity contribution in [3.63, 3.8) is 0 Å². The fourth-order valence-electron chi connectivity index (χ4n) is 1.46. The molecule has 0 bridgehead atoms. The summed E-state index contributed by atoms with van der Waals surface area (Å²) in [4.78, 5) is 21.6. The Morgan fingerprint density at radius 1 is 1.50 bits per heavy atom. The van der Waals surface area contributed by atoms with Crippen LogP contribution in [-0.4, -0.2) is 36.7 Å². The van der Waals surface area contributed by atoms with E-state index in [0.717, 1.165) is 0 Å². The van der Waals surface area contributed by atoms with E-state index in [-0.39, 0.29) is 30.0 Å².